The lowest BCUT2D eigenvalue weighted by Gasteiger charge is -2.23. The number of nitrogens with zero attached hydrogens (tertiary/aromatic N) is 2. The highest BCUT2D eigenvalue weighted by atomic mass is 32.2. The van der Waals surface area contributed by atoms with E-state index in [1.165, 1.54) is 16.7 Å². The van der Waals surface area contributed by atoms with E-state index in [1.54, 1.807) is 0 Å². The Morgan fingerprint density at radius 3 is 2.96 bits per heavy atom. The smallest absolute Gasteiger partial charge is 0.264 e. The Kier molecular flexibility index (Phi) is 6.65. The van der Waals surface area contributed by atoms with Crippen LogP contribution in [0.1, 0.15) is 24.8 Å². The van der Waals surface area contributed by atoms with Crippen molar-refractivity contribution in [2.24, 2.45) is 0 Å². The number of hydrogen-bond donors (Lipinski definition) is 1. The highest BCUT2D eigenvalue weighted by Gasteiger charge is 2.31. The normalized spacial score (nSPS) is 24.3. The second-order valence-corrected chi connectivity index (χ2v) is 7.52. The monoisotopic (exact) mass is 377 g/mol. The molecule has 8 heteroatoms. The first-order valence-corrected chi connectivity index (χ1v) is 9.79. The van der Waals surface area contributed by atoms with Gasteiger partial charge >= 0.3 is 0 Å². The van der Waals surface area contributed by atoms with Crippen molar-refractivity contribution in [1.82, 2.24) is 10.2 Å². The van der Waals surface area contributed by atoms with Crippen LogP contribution in [-0.4, -0.2) is 46.7 Å². The van der Waals surface area contributed by atoms with E-state index in [1.807, 2.05) is 30.3 Å². The molecule has 2 fully saturated rings. The van der Waals surface area contributed by atoms with Gasteiger partial charge in [-0.3, -0.25) is 19.8 Å². The molecule has 3 rings (SSSR count). The number of rotatable bonds is 7. The molecular weight excluding hydrogens is 354 g/mol. The van der Waals surface area contributed by atoms with Crippen molar-refractivity contribution in [3.63, 3.8) is 0 Å². The maximum absolute atomic E-state index is 12.4. The standard InChI is InChI=1S/C18H23N3O4S/c22-17(20-9-10-26-18(20)12-21(23)24)11-19-15-7-4-8-16(15)25-13-14-5-2-1-3-6-14/h1-3,5-6,12,15-16,19H,4,7-11,13H2/b18-12-/t15-,16-/m1/s1. The third-order valence-electron chi connectivity index (χ3n) is 4.62. The third-order valence-corrected chi connectivity index (χ3v) is 5.63. The summed E-state index contributed by atoms with van der Waals surface area (Å²) < 4.78 is 6.04. The SMILES string of the molecule is O=C(CN[C@@H]1CCC[C@H]1OCc1ccccc1)N1CCS/C1=C\[N+](=O)[O-]. The zero-order valence-electron chi connectivity index (χ0n) is 14.5. The molecule has 1 heterocycles. The molecule has 1 aromatic rings. The summed E-state index contributed by atoms with van der Waals surface area (Å²) >= 11 is 1.34. The Balaban J connectivity index is 1.48. The van der Waals surface area contributed by atoms with Crippen molar-refractivity contribution in [2.75, 3.05) is 18.8 Å². The van der Waals surface area contributed by atoms with Gasteiger partial charge in [0.05, 0.1) is 24.2 Å². The minimum absolute atomic E-state index is 0.0877. The highest BCUT2D eigenvalue weighted by molar-refractivity contribution is 8.03. The van der Waals surface area contributed by atoms with Crippen LogP contribution in [0.4, 0.5) is 0 Å². The van der Waals surface area contributed by atoms with Crippen LogP contribution >= 0.6 is 11.8 Å². The van der Waals surface area contributed by atoms with Gasteiger partial charge in [-0.05, 0) is 24.8 Å². The summed E-state index contributed by atoms with van der Waals surface area (Å²) in [6.45, 7) is 1.26. The quantitative estimate of drug-likeness (QED) is 0.580. The van der Waals surface area contributed by atoms with Crippen molar-refractivity contribution >= 4 is 17.7 Å². The van der Waals surface area contributed by atoms with Gasteiger partial charge in [0, 0.05) is 18.3 Å². The number of ether oxygens (including phenoxy) is 1. The predicted octanol–water partition coefficient (Wildman–Crippen LogP) is 2.36. The van der Waals surface area contributed by atoms with Gasteiger partial charge in [-0.1, -0.05) is 30.3 Å². The Labute approximate surface area is 156 Å². The van der Waals surface area contributed by atoms with Crippen molar-refractivity contribution in [2.45, 2.75) is 38.0 Å². The van der Waals surface area contributed by atoms with Crippen LogP contribution in [-0.2, 0) is 16.1 Å². The molecule has 0 aromatic heterocycles. The summed E-state index contributed by atoms with van der Waals surface area (Å²) in [5.41, 5.74) is 1.14. The fourth-order valence-corrected chi connectivity index (χ4v) is 4.32. The molecule has 0 radical (unpaired) electrons. The van der Waals surface area contributed by atoms with Crippen LogP contribution in [0.25, 0.3) is 0 Å². The van der Waals surface area contributed by atoms with E-state index in [2.05, 4.69) is 5.32 Å². The summed E-state index contributed by atoms with van der Waals surface area (Å²) in [6, 6.07) is 10.2. The van der Waals surface area contributed by atoms with Crippen LogP contribution in [0.5, 0.6) is 0 Å². The van der Waals surface area contributed by atoms with E-state index in [4.69, 9.17) is 4.74 Å². The molecule has 1 aromatic carbocycles. The molecular formula is C18H23N3O4S. The van der Waals surface area contributed by atoms with Gasteiger partial charge in [0.2, 0.25) is 5.91 Å². The van der Waals surface area contributed by atoms with E-state index in [0.29, 0.717) is 23.9 Å². The average molecular weight is 377 g/mol. The number of hydrogen-bond acceptors (Lipinski definition) is 6. The van der Waals surface area contributed by atoms with Crippen molar-refractivity contribution in [3.8, 4) is 0 Å². The molecule has 0 unspecified atom stereocenters. The number of nitro groups is 1. The first-order valence-electron chi connectivity index (χ1n) is 8.81. The second-order valence-electron chi connectivity index (χ2n) is 6.40. The Morgan fingerprint density at radius 2 is 2.19 bits per heavy atom. The molecule has 0 spiro atoms. The van der Waals surface area contributed by atoms with Crippen LogP contribution in [0.3, 0.4) is 0 Å². The first kappa shape index (κ1) is 18.9. The second kappa shape index (κ2) is 9.16. The fourth-order valence-electron chi connectivity index (χ4n) is 3.32. The maximum atomic E-state index is 12.4. The molecule has 1 N–H and O–H groups in total. The Hall–Kier alpha value is -1.90. The lowest BCUT2D eigenvalue weighted by molar-refractivity contribution is -0.403. The summed E-state index contributed by atoms with van der Waals surface area (Å²) in [6.07, 6.45) is 4.02. The van der Waals surface area contributed by atoms with Crippen LogP contribution in [0.15, 0.2) is 41.6 Å². The number of thioether (sulfide) groups is 1. The Bertz CT molecular complexity index is 668. The first-order chi connectivity index (χ1) is 12.6. The van der Waals surface area contributed by atoms with Gasteiger partial charge in [-0.25, -0.2) is 0 Å². The molecule has 7 nitrogen and oxygen atoms in total. The molecule has 2 aliphatic rings. The number of carbonyl (C=O) groups is 1. The number of nitrogens with one attached hydrogen (secondary N) is 1. The molecule has 1 aliphatic carbocycles. The van der Waals surface area contributed by atoms with Gasteiger partial charge in [-0.15, -0.1) is 11.8 Å². The number of amides is 1. The van der Waals surface area contributed by atoms with Gasteiger partial charge in [0.25, 0.3) is 6.20 Å². The molecule has 2 atom stereocenters. The highest BCUT2D eigenvalue weighted by Crippen LogP contribution is 2.28. The molecule has 1 saturated heterocycles. The minimum atomic E-state index is -0.508. The molecule has 26 heavy (non-hydrogen) atoms. The lowest BCUT2D eigenvalue weighted by atomic mass is 10.2. The number of benzene rings is 1. The maximum Gasteiger partial charge on any atom is 0.264 e. The van der Waals surface area contributed by atoms with Crippen LogP contribution < -0.4 is 5.32 Å². The van der Waals surface area contributed by atoms with E-state index in [9.17, 15) is 14.9 Å². The van der Waals surface area contributed by atoms with Gasteiger partial charge in [-0.2, -0.15) is 0 Å². The van der Waals surface area contributed by atoms with E-state index < -0.39 is 4.92 Å². The van der Waals surface area contributed by atoms with Gasteiger partial charge in [0.15, 0.2) is 0 Å². The van der Waals surface area contributed by atoms with Crippen molar-refractivity contribution in [3.05, 3.63) is 57.2 Å². The molecule has 140 valence electrons. The van der Waals surface area contributed by atoms with Gasteiger partial charge in [0.1, 0.15) is 5.03 Å². The number of carbonyl (C=O) groups excluding carboxylic acids is 1. The van der Waals surface area contributed by atoms with Crippen molar-refractivity contribution in [1.29, 1.82) is 0 Å². The zero-order valence-corrected chi connectivity index (χ0v) is 15.3. The fraction of sp³-hybridized carbons (Fsp3) is 0.500. The third kappa shape index (κ3) is 5.06. The predicted molar refractivity (Wildman–Crippen MR) is 99.9 cm³/mol. The van der Waals surface area contributed by atoms with E-state index >= 15 is 0 Å². The molecule has 1 saturated carbocycles. The Morgan fingerprint density at radius 1 is 1.38 bits per heavy atom. The van der Waals surface area contributed by atoms with E-state index in [-0.39, 0.29) is 24.6 Å². The largest absolute Gasteiger partial charge is 0.372 e. The van der Waals surface area contributed by atoms with E-state index in [0.717, 1.165) is 31.0 Å². The zero-order chi connectivity index (χ0) is 18.4. The molecule has 1 aliphatic heterocycles. The topological polar surface area (TPSA) is 84.7 Å². The summed E-state index contributed by atoms with van der Waals surface area (Å²) in [4.78, 5) is 24.1. The lowest BCUT2D eigenvalue weighted by Crippen LogP contribution is -2.43. The average Bonchev–Trinajstić information content (AvgIpc) is 3.27. The summed E-state index contributed by atoms with van der Waals surface area (Å²) in [5.74, 6) is 0.564. The van der Waals surface area contributed by atoms with Crippen LogP contribution in [0, 0.1) is 10.1 Å². The summed E-state index contributed by atoms with van der Waals surface area (Å²) in [5, 5.41) is 14.4. The summed E-state index contributed by atoms with van der Waals surface area (Å²) in [7, 11) is 0. The van der Waals surface area contributed by atoms with Gasteiger partial charge < -0.3 is 10.1 Å². The molecule has 0 bridgehead atoms. The van der Waals surface area contributed by atoms with Crippen LogP contribution in [0.2, 0.25) is 0 Å². The minimum Gasteiger partial charge on any atom is -0.372 e. The molecule has 1 amide bonds. The van der Waals surface area contributed by atoms with Crippen molar-refractivity contribution < 1.29 is 14.5 Å².